The summed E-state index contributed by atoms with van der Waals surface area (Å²) in [4.78, 5) is 29.5. The number of hydrogen-bond donors (Lipinski definition) is 2. The van der Waals surface area contributed by atoms with Crippen LogP contribution in [-0.2, 0) is 14.3 Å². The lowest BCUT2D eigenvalue weighted by atomic mass is 9.68. The zero-order valence-electron chi connectivity index (χ0n) is 26.9. The molecular weight excluding hydrogens is 620 g/mol. The molecule has 0 unspecified atom stereocenters. The van der Waals surface area contributed by atoms with Crippen LogP contribution in [0.1, 0.15) is 50.2 Å². The van der Waals surface area contributed by atoms with Crippen LogP contribution in [-0.4, -0.2) is 29.6 Å². The molecular formula is C41H39ClN2O4. The van der Waals surface area contributed by atoms with E-state index in [0.29, 0.717) is 23.7 Å². The number of rotatable bonds is 10. The largest absolute Gasteiger partial charge is 0.508 e. The number of imide groups is 1. The van der Waals surface area contributed by atoms with Gasteiger partial charge in [-0.15, -0.1) is 0 Å². The Morgan fingerprint density at radius 2 is 1.62 bits per heavy atom. The first-order chi connectivity index (χ1) is 23.4. The number of aromatic hydroxyl groups is 1. The zero-order chi connectivity index (χ0) is 33.2. The second kappa shape index (κ2) is 13.8. The summed E-state index contributed by atoms with van der Waals surface area (Å²) >= 11 is 6.50. The van der Waals surface area contributed by atoms with Gasteiger partial charge in [0.2, 0.25) is 11.8 Å². The number of carbonyl (C=O) groups is 2. The summed E-state index contributed by atoms with van der Waals surface area (Å²) in [6.45, 7) is 2.60. The van der Waals surface area contributed by atoms with Crippen molar-refractivity contribution >= 4 is 52.1 Å². The molecule has 2 N–H and O–H groups in total. The van der Waals surface area contributed by atoms with Crippen molar-refractivity contribution in [3.8, 4) is 5.75 Å². The van der Waals surface area contributed by atoms with Crippen LogP contribution in [0.25, 0.3) is 11.6 Å². The van der Waals surface area contributed by atoms with Crippen molar-refractivity contribution in [1.82, 2.24) is 0 Å². The lowest BCUT2D eigenvalue weighted by Crippen LogP contribution is -2.34. The fourth-order valence-electron chi connectivity index (χ4n) is 7.71. The molecule has 7 heteroatoms. The third kappa shape index (κ3) is 6.30. The molecule has 2 amide bonds. The number of ether oxygens (including phenoxy) is 1. The SMILES string of the molecule is CCCC1=C2[C@@H](CC/C(=C/c3ccc(O)cc3Cl)c3ccccc3)OC[C@@H]2[C@@H]2C(=O)N(c3ccc(Nc4ccccc4)cc3)C(=O)[C@@H]2C1. The van der Waals surface area contributed by atoms with Crippen molar-refractivity contribution in [2.45, 2.75) is 45.1 Å². The number of fused-ring (bicyclic) bond motifs is 3. The van der Waals surface area contributed by atoms with Crippen molar-refractivity contribution in [2.24, 2.45) is 17.8 Å². The molecule has 6 nitrogen and oxygen atoms in total. The van der Waals surface area contributed by atoms with E-state index in [0.717, 1.165) is 53.8 Å². The van der Waals surface area contributed by atoms with Gasteiger partial charge in [0.15, 0.2) is 0 Å². The normalized spacial score (nSPS) is 22.2. The van der Waals surface area contributed by atoms with Crippen molar-refractivity contribution in [3.63, 3.8) is 0 Å². The van der Waals surface area contributed by atoms with Crippen molar-refractivity contribution < 1.29 is 19.4 Å². The summed E-state index contributed by atoms with van der Waals surface area (Å²) in [5.74, 6) is -0.987. The van der Waals surface area contributed by atoms with E-state index in [1.807, 2.05) is 78.9 Å². The number of nitrogens with one attached hydrogen (secondary N) is 1. The number of phenols is 1. The molecule has 0 bridgehead atoms. The summed E-state index contributed by atoms with van der Waals surface area (Å²) < 4.78 is 6.52. The molecule has 2 fully saturated rings. The number of nitrogens with zero attached hydrogens (tertiary/aromatic N) is 1. The third-order valence-corrected chi connectivity index (χ3v) is 10.2. The van der Waals surface area contributed by atoms with Gasteiger partial charge in [0.05, 0.1) is 35.3 Å². The predicted octanol–water partition coefficient (Wildman–Crippen LogP) is 9.43. The van der Waals surface area contributed by atoms with Gasteiger partial charge in [-0.05, 0) is 109 Å². The van der Waals surface area contributed by atoms with Gasteiger partial charge in [0.25, 0.3) is 0 Å². The molecule has 2 saturated heterocycles. The van der Waals surface area contributed by atoms with Gasteiger partial charge >= 0.3 is 0 Å². The molecule has 0 saturated carbocycles. The summed E-state index contributed by atoms with van der Waals surface area (Å²) in [6.07, 6.45) is 5.89. The van der Waals surface area contributed by atoms with Crippen LogP contribution in [0, 0.1) is 17.8 Å². The Bertz CT molecular complexity index is 1870. The number of halogens is 1. The fraction of sp³-hybridized carbons (Fsp3) is 0.268. The maximum absolute atomic E-state index is 14.1. The molecule has 48 heavy (non-hydrogen) atoms. The highest BCUT2D eigenvalue weighted by Crippen LogP contribution is 2.51. The van der Waals surface area contributed by atoms with Gasteiger partial charge in [0.1, 0.15) is 5.75 Å². The molecule has 0 aromatic heterocycles. The Morgan fingerprint density at radius 1 is 0.917 bits per heavy atom. The molecule has 2 heterocycles. The molecule has 0 radical (unpaired) electrons. The first-order valence-electron chi connectivity index (χ1n) is 16.8. The van der Waals surface area contributed by atoms with Crippen LogP contribution in [0.5, 0.6) is 5.75 Å². The second-order valence-electron chi connectivity index (χ2n) is 12.9. The minimum atomic E-state index is -0.417. The average molecular weight is 659 g/mol. The molecule has 4 atom stereocenters. The molecule has 4 aromatic carbocycles. The van der Waals surface area contributed by atoms with E-state index in [1.165, 1.54) is 16.0 Å². The quantitative estimate of drug-likeness (QED) is 0.101. The number of amides is 2. The molecule has 1 aliphatic carbocycles. The average Bonchev–Trinajstić information content (AvgIpc) is 3.63. The van der Waals surface area contributed by atoms with E-state index >= 15 is 0 Å². The van der Waals surface area contributed by atoms with Crippen LogP contribution < -0.4 is 10.2 Å². The van der Waals surface area contributed by atoms with Gasteiger partial charge in [-0.3, -0.25) is 14.5 Å². The van der Waals surface area contributed by atoms with Crippen LogP contribution >= 0.6 is 11.6 Å². The highest BCUT2D eigenvalue weighted by atomic mass is 35.5. The minimum Gasteiger partial charge on any atom is -0.508 e. The van der Waals surface area contributed by atoms with Gasteiger partial charge in [-0.2, -0.15) is 0 Å². The Kier molecular flexibility index (Phi) is 9.20. The zero-order valence-corrected chi connectivity index (χ0v) is 27.7. The number of hydrogen-bond acceptors (Lipinski definition) is 5. The van der Waals surface area contributed by atoms with Gasteiger partial charge in [-0.1, -0.05) is 79.0 Å². The molecule has 2 aliphatic heterocycles. The standard InChI is InChI=1S/C41H39ClN2O4/c1-2-9-29-23-34-39(41(47)44(40(34)46)32-18-16-31(17-19-32)43-30-12-7-4-8-13-30)35-25-48-37(38(29)35)21-15-27(26-10-5-3-6-11-26)22-28-14-20-33(45)24-36(28)42/h3-8,10-14,16-20,22,24,34-35,37,39,43,45H,2,9,15,21,23,25H2,1H3/b27-22-/t34-,35+,37-,39-/m1/s1. The molecule has 244 valence electrons. The number of anilines is 3. The van der Waals surface area contributed by atoms with Crippen molar-refractivity contribution in [3.05, 3.63) is 130 Å². The lowest BCUT2D eigenvalue weighted by Gasteiger charge is -2.32. The van der Waals surface area contributed by atoms with Crippen LogP contribution in [0.4, 0.5) is 17.1 Å². The monoisotopic (exact) mass is 658 g/mol. The second-order valence-corrected chi connectivity index (χ2v) is 13.3. The number of carbonyl (C=O) groups excluding carboxylic acids is 2. The number of allylic oxidation sites excluding steroid dienone is 2. The van der Waals surface area contributed by atoms with E-state index in [4.69, 9.17) is 16.3 Å². The van der Waals surface area contributed by atoms with E-state index < -0.39 is 5.92 Å². The lowest BCUT2D eigenvalue weighted by molar-refractivity contribution is -0.122. The van der Waals surface area contributed by atoms with Gasteiger partial charge in [-0.25, -0.2) is 0 Å². The van der Waals surface area contributed by atoms with E-state index in [2.05, 4.69) is 30.4 Å². The van der Waals surface area contributed by atoms with Crippen LogP contribution in [0.15, 0.2) is 114 Å². The number of phenolic OH excluding ortho intramolecular Hbond substituents is 1. The third-order valence-electron chi connectivity index (χ3n) is 9.88. The fourth-order valence-corrected chi connectivity index (χ4v) is 7.94. The molecule has 3 aliphatic rings. The molecule has 0 spiro atoms. The van der Waals surface area contributed by atoms with Crippen molar-refractivity contribution in [1.29, 1.82) is 0 Å². The number of benzene rings is 4. The Labute approximate surface area is 286 Å². The maximum atomic E-state index is 14.1. The first kappa shape index (κ1) is 31.9. The summed E-state index contributed by atoms with van der Waals surface area (Å²) in [6, 6.07) is 32.7. The minimum absolute atomic E-state index is 0.105. The maximum Gasteiger partial charge on any atom is 0.238 e. The first-order valence-corrected chi connectivity index (χ1v) is 17.2. The van der Waals surface area contributed by atoms with Gasteiger partial charge in [0, 0.05) is 17.3 Å². The predicted molar refractivity (Wildman–Crippen MR) is 192 cm³/mol. The number of para-hydroxylation sites is 1. The van der Waals surface area contributed by atoms with E-state index in [9.17, 15) is 14.7 Å². The Morgan fingerprint density at radius 3 is 2.33 bits per heavy atom. The van der Waals surface area contributed by atoms with E-state index in [-0.39, 0.29) is 35.5 Å². The summed E-state index contributed by atoms with van der Waals surface area (Å²) in [5, 5.41) is 13.7. The Balaban J connectivity index is 1.12. The summed E-state index contributed by atoms with van der Waals surface area (Å²) in [5.41, 5.74) is 8.03. The van der Waals surface area contributed by atoms with Gasteiger partial charge < -0.3 is 15.2 Å². The van der Waals surface area contributed by atoms with Crippen LogP contribution in [0.3, 0.4) is 0 Å². The smallest absolute Gasteiger partial charge is 0.238 e. The van der Waals surface area contributed by atoms with Crippen molar-refractivity contribution in [2.75, 3.05) is 16.8 Å². The van der Waals surface area contributed by atoms with Crippen LogP contribution in [0.2, 0.25) is 5.02 Å². The highest BCUT2D eigenvalue weighted by molar-refractivity contribution is 6.32. The Hall–Kier alpha value is -4.65. The molecule has 4 aromatic rings. The topological polar surface area (TPSA) is 78.9 Å². The summed E-state index contributed by atoms with van der Waals surface area (Å²) in [7, 11) is 0. The van der Waals surface area contributed by atoms with E-state index in [1.54, 1.807) is 12.1 Å². The molecule has 7 rings (SSSR count). The highest BCUT2D eigenvalue weighted by Gasteiger charge is 2.57.